The monoisotopic (exact) mass is 294 g/mol. The summed E-state index contributed by atoms with van der Waals surface area (Å²) in [4.78, 5) is 11.4. The van der Waals surface area contributed by atoms with Crippen molar-refractivity contribution in [3.05, 3.63) is 29.3 Å². The van der Waals surface area contributed by atoms with Crippen LogP contribution in [-0.4, -0.2) is 19.1 Å². The van der Waals surface area contributed by atoms with Gasteiger partial charge in [0, 0.05) is 6.04 Å². The van der Waals surface area contributed by atoms with E-state index in [-0.39, 0.29) is 29.2 Å². The predicted molar refractivity (Wildman–Crippen MR) is 72.5 cm³/mol. The normalized spacial score (nSPS) is 21.4. The SMILES string of the molecule is COC(=O)C1CCC(Nc2c(F)cc(C#N)cc2F)CC1. The molecule has 0 unspecified atom stereocenters. The van der Waals surface area contributed by atoms with Crippen molar-refractivity contribution in [1.29, 1.82) is 5.26 Å². The number of nitrogens with one attached hydrogen (secondary N) is 1. The summed E-state index contributed by atoms with van der Waals surface area (Å²) in [6, 6.07) is 3.62. The van der Waals surface area contributed by atoms with Gasteiger partial charge in [-0.05, 0) is 37.8 Å². The molecule has 2 rings (SSSR count). The first-order chi connectivity index (χ1) is 10.0. The van der Waals surface area contributed by atoms with Crippen LogP contribution in [0.1, 0.15) is 31.2 Å². The van der Waals surface area contributed by atoms with Crippen LogP contribution < -0.4 is 5.32 Å². The summed E-state index contributed by atoms with van der Waals surface area (Å²) >= 11 is 0. The van der Waals surface area contributed by atoms with Gasteiger partial charge in [-0.15, -0.1) is 0 Å². The molecule has 1 fully saturated rings. The second-order valence-corrected chi connectivity index (χ2v) is 5.14. The highest BCUT2D eigenvalue weighted by atomic mass is 19.1. The van der Waals surface area contributed by atoms with E-state index >= 15 is 0 Å². The molecule has 4 nitrogen and oxygen atoms in total. The topological polar surface area (TPSA) is 62.1 Å². The van der Waals surface area contributed by atoms with E-state index in [2.05, 4.69) is 5.32 Å². The van der Waals surface area contributed by atoms with Crippen molar-refractivity contribution in [2.24, 2.45) is 5.92 Å². The Balaban J connectivity index is 2.01. The Kier molecular flexibility index (Phi) is 4.73. The van der Waals surface area contributed by atoms with E-state index in [0.717, 1.165) is 12.1 Å². The number of halogens is 2. The smallest absolute Gasteiger partial charge is 0.308 e. The van der Waals surface area contributed by atoms with Gasteiger partial charge < -0.3 is 10.1 Å². The molecule has 0 spiro atoms. The second-order valence-electron chi connectivity index (χ2n) is 5.14. The maximum absolute atomic E-state index is 13.8. The van der Waals surface area contributed by atoms with E-state index in [1.54, 1.807) is 6.07 Å². The summed E-state index contributed by atoms with van der Waals surface area (Å²) in [5, 5.41) is 11.5. The Morgan fingerprint density at radius 2 is 1.86 bits per heavy atom. The van der Waals surface area contributed by atoms with Crippen LogP contribution in [0.15, 0.2) is 12.1 Å². The summed E-state index contributed by atoms with van der Waals surface area (Å²) < 4.78 is 32.3. The van der Waals surface area contributed by atoms with Gasteiger partial charge in [-0.3, -0.25) is 4.79 Å². The van der Waals surface area contributed by atoms with Gasteiger partial charge in [0.15, 0.2) is 11.6 Å². The van der Waals surface area contributed by atoms with Crippen molar-refractivity contribution >= 4 is 11.7 Å². The van der Waals surface area contributed by atoms with Crippen LogP contribution >= 0.6 is 0 Å². The standard InChI is InChI=1S/C15H16F2N2O2/c1-21-15(20)10-2-4-11(5-3-10)19-14-12(16)6-9(8-18)7-13(14)17/h6-7,10-11,19H,2-5H2,1H3. The molecule has 6 heteroatoms. The summed E-state index contributed by atoms with van der Waals surface area (Å²) in [5.74, 6) is -1.92. The van der Waals surface area contributed by atoms with E-state index in [1.807, 2.05) is 0 Å². The highest BCUT2D eigenvalue weighted by molar-refractivity contribution is 5.72. The van der Waals surface area contributed by atoms with Crippen molar-refractivity contribution in [3.63, 3.8) is 0 Å². The van der Waals surface area contributed by atoms with Crippen LogP contribution in [0.2, 0.25) is 0 Å². The Labute approximate surface area is 121 Å². The minimum atomic E-state index is -0.776. The highest BCUT2D eigenvalue weighted by Gasteiger charge is 2.27. The number of methoxy groups -OCH3 is 1. The van der Waals surface area contributed by atoms with Crippen molar-refractivity contribution < 1.29 is 18.3 Å². The summed E-state index contributed by atoms with van der Waals surface area (Å²) in [5.41, 5.74) is -0.263. The second kappa shape index (κ2) is 6.53. The summed E-state index contributed by atoms with van der Waals surface area (Å²) in [6.45, 7) is 0. The number of anilines is 1. The fourth-order valence-corrected chi connectivity index (χ4v) is 2.62. The van der Waals surface area contributed by atoms with Gasteiger partial charge in [-0.1, -0.05) is 0 Å². The molecule has 1 aromatic carbocycles. The molecule has 0 aromatic heterocycles. The van der Waals surface area contributed by atoms with Crippen LogP contribution in [-0.2, 0) is 9.53 Å². The van der Waals surface area contributed by atoms with Gasteiger partial charge in [-0.25, -0.2) is 8.78 Å². The first kappa shape index (κ1) is 15.2. The molecule has 0 radical (unpaired) electrons. The van der Waals surface area contributed by atoms with Gasteiger partial charge >= 0.3 is 5.97 Å². The molecular weight excluding hydrogens is 278 g/mol. The molecule has 0 heterocycles. The van der Waals surface area contributed by atoms with Gasteiger partial charge in [-0.2, -0.15) is 5.26 Å². The third kappa shape index (κ3) is 3.48. The zero-order chi connectivity index (χ0) is 15.4. The Morgan fingerprint density at radius 1 is 1.29 bits per heavy atom. The lowest BCUT2D eigenvalue weighted by Crippen LogP contribution is -2.30. The number of carbonyl (C=O) groups excluding carboxylic acids is 1. The molecule has 1 aromatic rings. The average Bonchev–Trinajstić information content (AvgIpc) is 2.50. The maximum Gasteiger partial charge on any atom is 0.308 e. The Hall–Kier alpha value is -2.16. The van der Waals surface area contributed by atoms with E-state index in [9.17, 15) is 13.6 Å². The van der Waals surface area contributed by atoms with Crippen LogP contribution in [0.4, 0.5) is 14.5 Å². The first-order valence-corrected chi connectivity index (χ1v) is 6.78. The molecule has 112 valence electrons. The molecule has 0 bridgehead atoms. The number of rotatable bonds is 3. The minimum Gasteiger partial charge on any atom is -0.469 e. The van der Waals surface area contributed by atoms with Crippen molar-refractivity contribution in [2.75, 3.05) is 12.4 Å². The number of ether oxygens (including phenoxy) is 1. The Bertz CT molecular complexity index is 553. The summed E-state index contributed by atoms with van der Waals surface area (Å²) in [6.07, 6.45) is 2.53. The number of carbonyl (C=O) groups is 1. The zero-order valence-corrected chi connectivity index (χ0v) is 11.7. The third-order valence-corrected chi connectivity index (χ3v) is 3.78. The predicted octanol–water partition coefficient (Wildman–Crippen LogP) is 2.98. The highest BCUT2D eigenvalue weighted by Crippen LogP contribution is 2.29. The van der Waals surface area contributed by atoms with Crippen LogP contribution in [0, 0.1) is 28.9 Å². The molecule has 1 saturated carbocycles. The zero-order valence-electron chi connectivity index (χ0n) is 11.7. The van der Waals surface area contributed by atoms with Crippen molar-refractivity contribution in [1.82, 2.24) is 0 Å². The molecule has 1 aliphatic rings. The molecule has 0 aliphatic heterocycles. The van der Waals surface area contributed by atoms with E-state index < -0.39 is 11.6 Å². The van der Waals surface area contributed by atoms with Crippen LogP contribution in [0.3, 0.4) is 0 Å². The number of hydrogen-bond donors (Lipinski definition) is 1. The van der Waals surface area contributed by atoms with Gasteiger partial charge in [0.05, 0.1) is 24.7 Å². The van der Waals surface area contributed by atoms with Gasteiger partial charge in [0.2, 0.25) is 0 Å². The number of nitrogens with zero attached hydrogens (tertiary/aromatic N) is 1. The summed E-state index contributed by atoms with van der Waals surface area (Å²) in [7, 11) is 1.36. The van der Waals surface area contributed by atoms with Crippen LogP contribution in [0.5, 0.6) is 0 Å². The first-order valence-electron chi connectivity index (χ1n) is 6.78. The molecule has 0 atom stereocenters. The number of nitriles is 1. The van der Waals surface area contributed by atoms with E-state index in [0.29, 0.717) is 25.7 Å². The van der Waals surface area contributed by atoms with Gasteiger partial charge in [0.25, 0.3) is 0 Å². The van der Waals surface area contributed by atoms with E-state index in [1.165, 1.54) is 7.11 Å². The lowest BCUT2D eigenvalue weighted by Gasteiger charge is -2.28. The maximum atomic E-state index is 13.8. The average molecular weight is 294 g/mol. The number of hydrogen-bond acceptors (Lipinski definition) is 4. The lowest BCUT2D eigenvalue weighted by atomic mass is 9.86. The molecule has 0 amide bonds. The fourth-order valence-electron chi connectivity index (χ4n) is 2.62. The molecule has 1 aliphatic carbocycles. The third-order valence-electron chi connectivity index (χ3n) is 3.78. The quantitative estimate of drug-likeness (QED) is 0.871. The molecular formula is C15H16F2N2O2. The fraction of sp³-hybridized carbons (Fsp3) is 0.467. The number of benzene rings is 1. The van der Waals surface area contributed by atoms with Crippen molar-refractivity contribution in [2.45, 2.75) is 31.7 Å². The molecule has 0 saturated heterocycles. The molecule has 21 heavy (non-hydrogen) atoms. The van der Waals surface area contributed by atoms with Gasteiger partial charge in [0.1, 0.15) is 5.69 Å². The largest absolute Gasteiger partial charge is 0.469 e. The molecule has 1 N–H and O–H groups in total. The van der Waals surface area contributed by atoms with Crippen molar-refractivity contribution in [3.8, 4) is 6.07 Å². The van der Waals surface area contributed by atoms with Crippen LogP contribution in [0.25, 0.3) is 0 Å². The minimum absolute atomic E-state index is 0.0510. The Morgan fingerprint density at radius 3 is 2.33 bits per heavy atom. The van der Waals surface area contributed by atoms with E-state index in [4.69, 9.17) is 10.00 Å². The lowest BCUT2D eigenvalue weighted by molar-refractivity contribution is -0.146. The number of esters is 1.